The third-order valence-corrected chi connectivity index (χ3v) is 5.44. The van der Waals surface area contributed by atoms with Gasteiger partial charge >= 0.3 is 0 Å². The lowest BCUT2D eigenvalue weighted by Gasteiger charge is -2.07. The molecule has 2 N–H and O–H groups in total. The van der Waals surface area contributed by atoms with E-state index in [2.05, 4.69) is 31.8 Å². The molecule has 160 valence electrons. The van der Waals surface area contributed by atoms with Gasteiger partial charge in [0.1, 0.15) is 12.4 Å². The molecule has 0 aliphatic carbocycles. The van der Waals surface area contributed by atoms with Crippen LogP contribution in [0.25, 0.3) is 10.9 Å². The molecule has 4 aromatic rings. The molecule has 1 aromatic heterocycles. The van der Waals surface area contributed by atoms with Crippen molar-refractivity contribution < 1.29 is 14.0 Å². The van der Waals surface area contributed by atoms with Gasteiger partial charge in [0.15, 0.2) is 0 Å². The molecule has 0 spiro atoms. The molecule has 0 radical (unpaired) electrons. The molecule has 0 fully saturated rings. The van der Waals surface area contributed by atoms with Crippen LogP contribution in [0.1, 0.15) is 15.9 Å². The van der Waals surface area contributed by atoms with Crippen molar-refractivity contribution in [2.75, 3.05) is 5.32 Å². The first-order valence-corrected chi connectivity index (χ1v) is 10.5. The fourth-order valence-electron chi connectivity index (χ4n) is 3.26. The van der Waals surface area contributed by atoms with Crippen molar-refractivity contribution in [2.24, 2.45) is 5.10 Å². The van der Waals surface area contributed by atoms with Gasteiger partial charge in [-0.15, -0.1) is 0 Å². The molecule has 32 heavy (non-hydrogen) atoms. The van der Waals surface area contributed by atoms with E-state index in [1.165, 1.54) is 24.3 Å². The van der Waals surface area contributed by atoms with Crippen molar-refractivity contribution in [1.82, 2.24) is 9.99 Å². The first-order chi connectivity index (χ1) is 15.5. The maximum absolute atomic E-state index is 13.1. The van der Waals surface area contributed by atoms with E-state index in [0.29, 0.717) is 15.7 Å². The maximum Gasteiger partial charge on any atom is 0.272 e. The Morgan fingerprint density at radius 2 is 1.72 bits per heavy atom. The topological polar surface area (TPSA) is 75.5 Å². The fraction of sp³-hybridized carbons (Fsp3) is 0.0417. The molecule has 0 aliphatic rings. The molecule has 0 atom stereocenters. The highest BCUT2D eigenvalue weighted by molar-refractivity contribution is 9.10. The Morgan fingerprint density at radius 3 is 2.50 bits per heavy atom. The summed E-state index contributed by atoms with van der Waals surface area (Å²) in [7, 11) is 0. The number of amides is 2. The zero-order valence-corrected chi connectivity index (χ0v) is 18.3. The monoisotopic (exact) mass is 492 g/mol. The van der Waals surface area contributed by atoms with Gasteiger partial charge in [-0.05, 0) is 58.4 Å². The summed E-state index contributed by atoms with van der Waals surface area (Å²) in [6.07, 6.45) is 3.34. The highest BCUT2D eigenvalue weighted by Gasteiger charge is 2.11. The van der Waals surface area contributed by atoms with E-state index in [0.717, 1.165) is 16.5 Å². The van der Waals surface area contributed by atoms with Crippen LogP contribution in [0.4, 0.5) is 10.1 Å². The Bertz CT molecular complexity index is 1320. The minimum absolute atomic E-state index is 0.0645. The van der Waals surface area contributed by atoms with Crippen LogP contribution in [0.3, 0.4) is 0 Å². The van der Waals surface area contributed by atoms with Gasteiger partial charge in [-0.1, -0.05) is 30.3 Å². The van der Waals surface area contributed by atoms with E-state index in [1.54, 1.807) is 35.2 Å². The van der Waals surface area contributed by atoms with Gasteiger partial charge in [-0.2, -0.15) is 5.10 Å². The lowest BCUT2D eigenvalue weighted by atomic mass is 10.2. The predicted octanol–water partition coefficient (Wildman–Crippen LogP) is 4.95. The van der Waals surface area contributed by atoms with Crippen LogP contribution in [0.5, 0.6) is 0 Å². The van der Waals surface area contributed by atoms with E-state index < -0.39 is 0 Å². The number of benzene rings is 3. The van der Waals surface area contributed by atoms with Crippen LogP contribution in [0, 0.1) is 5.82 Å². The zero-order chi connectivity index (χ0) is 22.5. The van der Waals surface area contributed by atoms with Gasteiger partial charge in [0.25, 0.3) is 5.91 Å². The summed E-state index contributed by atoms with van der Waals surface area (Å²) in [5.74, 6) is -0.950. The first kappa shape index (κ1) is 21.5. The number of nitrogens with zero attached hydrogens (tertiary/aromatic N) is 2. The van der Waals surface area contributed by atoms with E-state index in [9.17, 15) is 14.0 Å². The van der Waals surface area contributed by atoms with Crippen LogP contribution in [0.2, 0.25) is 0 Å². The third-order valence-electron chi connectivity index (χ3n) is 4.75. The highest BCUT2D eigenvalue weighted by Crippen LogP contribution is 2.20. The molecular weight excluding hydrogens is 475 g/mol. The van der Waals surface area contributed by atoms with Crippen LogP contribution >= 0.6 is 15.9 Å². The van der Waals surface area contributed by atoms with Gasteiger partial charge in [-0.25, -0.2) is 9.82 Å². The van der Waals surface area contributed by atoms with Crippen LogP contribution in [-0.2, 0) is 11.3 Å². The number of carbonyl (C=O) groups excluding carboxylic acids is 2. The lowest BCUT2D eigenvalue weighted by molar-refractivity contribution is -0.116. The summed E-state index contributed by atoms with van der Waals surface area (Å²) in [6, 6.07) is 20.3. The van der Waals surface area contributed by atoms with Gasteiger partial charge in [0.05, 0.1) is 11.8 Å². The molecule has 1 heterocycles. The Labute approximate surface area is 191 Å². The standard InChI is InChI=1S/C24H18BrFN4O2/c25-21-7-3-1-6-20(21)24(32)29-27-13-16-14-30(22-8-4-2-5-19(16)22)15-23(31)28-18-11-9-17(26)10-12-18/h1-14H,15H2,(H,28,31)(H,29,32)/b27-13-. The molecule has 8 heteroatoms. The number of aromatic nitrogens is 1. The number of halogens is 2. The summed E-state index contributed by atoms with van der Waals surface area (Å²) in [5, 5.41) is 7.72. The summed E-state index contributed by atoms with van der Waals surface area (Å²) in [6.45, 7) is 0.0645. The smallest absolute Gasteiger partial charge is 0.272 e. The highest BCUT2D eigenvalue weighted by atomic mass is 79.9. The van der Waals surface area contributed by atoms with Crippen molar-refractivity contribution in [3.05, 3.63) is 100 Å². The number of hydrogen-bond donors (Lipinski definition) is 2. The quantitative estimate of drug-likeness (QED) is 0.295. The fourth-order valence-corrected chi connectivity index (χ4v) is 3.73. The van der Waals surface area contributed by atoms with E-state index in [-0.39, 0.29) is 24.2 Å². The summed E-state index contributed by atoms with van der Waals surface area (Å²) < 4.78 is 15.5. The molecule has 0 bridgehead atoms. The van der Waals surface area contributed by atoms with Gasteiger partial charge in [0.2, 0.25) is 5.91 Å². The number of anilines is 1. The average molecular weight is 493 g/mol. The molecule has 0 unspecified atom stereocenters. The summed E-state index contributed by atoms with van der Waals surface area (Å²) in [5.41, 5.74) is 5.12. The van der Waals surface area contributed by atoms with Crippen LogP contribution in [-0.4, -0.2) is 22.6 Å². The first-order valence-electron chi connectivity index (χ1n) is 9.72. The van der Waals surface area contributed by atoms with Crippen molar-refractivity contribution >= 4 is 50.5 Å². The van der Waals surface area contributed by atoms with Gasteiger partial charge in [-0.3, -0.25) is 9.59 Å². The van der Waals surface area contributed by atoms with Crippen molar-refractivity contribution in [1.29, 1.82) is 0 Å². The minimum Gasteiger partial charge on any atom is -0.337 e. The van der Waals surface area contributed by atoms with Crippen LogP contribution in [0.15, 0.2) is 88.6 Å². The van der Waals surface area contributed by atoms with Crippen molar-refractivity contribution in [3.63, 3.8) is 0 Å². The molecule has 4 rings (SSSR count). The largest absolute Gasteiger partial charge is 0.337 e. The van der Waals surface area contributed by atoms with Crippen LogP contribution < -0.4 is 10.7 Å². The summed E-state index contributed by atoms with van der Waals surface area (Å²) >= 11 is 3.35. The second-order valence-electron chi connectivity index (χ2n) is 6.96. The maximum atomic E-state index is 13.1. The van der Waals surface area contributed by atoms with E-state index in [4.69, 9.17) is 0 Å². The number of nitrogens with one attached hydrogen (secondary N) is 2. The number of para-hydroxylation sites is 1. The average Bonchev–Trinajstić information content (AvgIpc) is 3.13. The number of carbonyl (C=O) groups is 2. The molecule has 0 saturated carbocycles. The second-order valence-corrected chi connectivity index (χ2v) is 7.82. The normalized spacial score (nSPS) is 11.1. The zero-order valence-electron chi connectivity index (χ0n) is 16.8. The Morgan fingerprint density at radius 1 is 1.00 bits per heavy atom. The van der Waals surface area contributed by atoms with Gasteiger partial charge < -0.3 is 9.88 Å². The number of rotatable bonds is 6. The second kappa shape index (κ2) is 9.57. The molecule has 6 nitrogen and oxygen atoms in total. The molecule has 0 saturated heterocycles. The number of fused-ring (bicyclic) bond motifs is 1. The lowest BCUT2D eigenvalue weighted by Crippen LogP contribution is -2.18. The predicted molar refractivity (Wildman–Crippen MR) is 126 cm³/mol. The van der Waals surface area contributed by atoms with E-state index >= 15 is 0 Å². The number of hydrogen-bond acceptors (Lipinski definition) is 3. The van der Waals surface area contributed by atoms with E-state index in [1.807, 2.05) is 30.3 Å². The summed E-state index contributed by atoms with van der Waals surface area (Å²) in [4.78, 5) is 24.8. The Balaban J connectivity index is 1.50. The van der Waals surface area contributed by atoms with Gasteiger partial charge in [0, 0.05) is 32.8 Å². The molecular formula is C24H18BrFN4O2. The molecule has 0 aliphatic heterocycles. The van der Waals surface area contributed by atoms with Crippen molar-refractivity contribution in [3.8, 4) is 0 Å². The molecule has 2 amide bonds. The molecule has 3 aromatic carbocycles. The Hall–Kier alpha value is -3.78. The minimum atomic E-state index is -0.366. The SMILES string of the molecule is O=C(Cn1cc(/C=N\NC(=O)c2ccccc2Br)c2ccccc21)Nc1ccc(F)cc1. The van der Waals surface area contributed by atoms with Crippen molar-refractivity contribution in [2.45, 2.75) is 6.54 Å². The number of hydrazone groups is 1. The Kier molecular flexibility index (Phi) is 6.42. The third kappa shape index (κ3) is 4.92.